The second-order valence-corrected chi connectivity index (χ2v) is 7.00. The van der Waals surface area contributed by atoms with Gasteiger partial charge in [-0.2, -0.15) is 0 Å². The van der Waals surface area contributed by atoms with Gasteiger partial charge in [-0.25, -0.2) is 0 Å². The normalized spacial score (nSPS) is 10.9. The topological polar surface area (TPSA) is 35.2 Å². The molecule has 3 heteroatoms. The van der Waals surface area contributed by atoms with Crippen molar-refractivity contribution in [1.82, 2.24) is 0 Å². The largest absolute Gasteiger partial charge is 0.493 e. The van der Waals surface area contributed by atoms with Crippen LogP contribution in [-0.4, -0.2) is 11.9 Å². The van der Waals surface area contributed by atoms with Crippen molar-refractivity contribution in [2.45, 2.75) is 71.6 Å². The van der Waals surface area contributed by atoms with E-state index in [2.05, 4.69) is 29.8 Å². The Labute approximate surface area is 144 Å². The number of nitrogens with two attached hydrogens (primary N) is 1. The Hall–Kier alpha value is -0.700. The molecule has 0 spiro atoms. The first-order valence-electron chi connectivity index (χ1n) is 8.70. The van der Waals surface area contributed by atoms with E-state index in [-0.39, 0.29) is 0 Å². The second-order valence-electron chi connectivity index (χ2n) is 6.20. The SMILES string of the molecule is Cc1cc(N)cc(C)c1OCCCCCCCCCCCBr. The first kappa shape index (κ1) is 19.3. The summed E-state index contributed by atoms with van der Waals surface area (Å²) < 4.78 is 5.93. The van der Waals surface area contributed by atoms with Crippen molar-refractivity contribution in [2.75, 3.05) is 17.7 Å². The molecule has 0 saturated heterocycles. The van der Waals surface area contributed by atoms with Gasteiger partial charge in [-0.15, -0.1) is 0 Å². The number of halogens is 1. The fourth-order valence-electron chi connectivity index (χ4n) is 2.82. The molecule has 0 amide bonds. The Balaban J connectivity index is 2.02. The molecular formula is C19H32BrNO. The summed E-state index contributed by atoms with van der Waals surface area (Å²) in [6.45, 7) is 4.94. The molecular weight excluding hydrogens is 338 g/mol. The molecule has 0 aliphatic rings. The van der Waals surface area contributed by atoms with Crippen molar-refractivity contribution in [3.63, 3.8) is 0 Å². The number of ether oxygens (including phenoxy) is 1. The van der Waals surface area contributed by atoms with Crippen LogP contribution < -0.4 is 10.5 Å². The van der Waals surface area contributed by atoms with E-state index >= 15 is 0 Å². The molecule has 0 radical (unpaired) electrons. The lowest BCUT2D eigenvalue weighted by atomic mass is 10.1. The molecule has 0 saturated carbocycles. The molecule has 126 valence electrons. The van der Waals surface area contributed by atoms with Crippen molar-refractivity contribution < 1.29 is 4.74 Å². The zero-order chi connectivity index (χ0) is 16.2. The summed E-state index contributed by atoms with van der Waals surface area (Å²) >= 11 is 3.48. The van der Waals surface area contributed by atoms with E-state index in [1.807, 2.05) is 12.1 Å². The van der Waals surface area contributed by atoms with Crippen LogP contribution in [-0.2, 0) is 0 Å². The molecule has 0 fully saturated rings. The number of aryl methyl sites for hydroxylation is 2. The van der Waals surface area contributed by atoms with Crippen LogP contribution in [0.2, 0.25) is 0 Å². The third-order valence-electron chi connectivity index (χ3n) is 4.01. The van der Waals surface area contributed by atoms with Gasteiger partial charge in [0.05, 0.1) is 6.61 Å². The van der Waals surface area contributed by atoms with E-state index in [0.717, 1.165) is 40.9 Å². The average Bonchev–Trinajstić information content (AvgIpc) is 2.46. The Bertz CT molecular complexity index is 397. The van der Waals surface area contributed by atoms with E-state index in [1.54, 1.807) is 0 Å². The molecule has 1 aromatic carbocycles. The van der Waals surface area contributed by atoms with E-state index in [9.17, 15) is 0 Å². The summed E-state index contributed by atoms with van der Waals surface area (Å²) in [4.78, 5) is 0. The zero-order valence-corrected chi connectivity index (χ0v) is 15.9. The van der Waals surface area contributed by atoms with Gasteiger partial charge in [-0.05, 0) is 49.9 Å². The smallest absolute Gasteiger partial charge is 0.125 e. The lowest BCUT2D eigenvalue weighted by Gasteiger charge is -2.13. The first-order valence-corrected chi connectivity index (χ1v) is 9.82. The molecule has 0 heterocycles. The van der Waals surface area contributed by atoms with Crippen LogP contribution in [0.15, 0.2) is 12.1 Å². The monoisotopic (exact) mass is 369 g/mol. The first-order chi connectivity index (χ1) is 10.6. The predicted molar refractivity (Wildman–Crippen MR) is 101 cm³/mol. The summed E-state index contributed by atoms with van der Waals surface area (Å²) in [6, 6.07) is 3.97. The Morgan fingerprint density at radius 3 is 1.77 bits per heavy atom. The van der Waals surface area contributed by atoms with Gasteiger partial charge >= 0.3 is 0 Å². The number of hydrogen-bond acceptors (Lipinski definition) is 2. The van der Waals surface area contributed by atoms with Gasteiger partial charge in [0.2, 0.25) is 0 Å². The van der Waals surface area contributed by atoms with Crippen LogP contribution in [0.3, 0.4) is 0 Å². The third-order valence-corrected chi connectivity index (χ3v) is 4.57. The predicted octanol–water partition coefficient (Wildman–Crippen LogP) is 6.17. The lowest BCUT2D eigenvalue weighted by molar-refractivity contribution is 0.300. The Kier molecular flexibility index (Phi) is 10.4. The van der Waals surface area contributed by atoms with E-state index in [1.165, 1.54) is 51.4 Å². The number of hydrogen-bond donors (Lipinski definition) is 1. The highest BCUT2D eigenvalue weighted by Gasteiger charge is 2.04. The quantitative estimate of drug-likeness (QED) is 0.271. The van der Waals surface area contributed by atoms with Crippen molar-refractivity contribution in [1.29, 1.82) is 0 Å². The van der Waals surface area contributed by atoms with Gasteiger partial charge in [0.15, 0.2) is 0 Å². The summed E-state index contributed by atoms with van der Waals surface area (Å²) in [6.07, 6.45) is 12.0. The van der Waals surface area contributed by atoms with E-state index in [4.69, 9.17) is 10.5 Å². The van der Waals surface area contributed by atoms with Crippen LogP contribution in [0, 0.1) is 13.8 Å². The highest BCUT2D eigenvalue weighted by molar-refractivity contribution is 9.09. The van der Waals surface area contributed by atoms with Crippen LogP contribution in [0.5, 0.6) is 5.75 Å². The summed E-state index contributed by atoms with van der Waals surface area (Å²) in [5.41, 5.74) is 8.93. The summed E-state index contributed by atoms with van der Waals surface area (Å²) in [5, 5.41) is 1.15. The van der Waals surface area contributed by atoms with Crippen LogP contribution >= 0.6 is 15.9 Å². The van der Waals surface area contributed by atoms with Gasteiger partial charge in [0.1, 0.15) is 5.75 Å². The number of alkyl halides is 1. The molecule has 1 rings (SSSR count). The second kappa shape index (κ2) is 11.8. The van der Waals surface area contributed by atoms with Crippen LogP contribution in [0.4, 0.5) is 5.69 Å². The molecule has 1 aromatic rings. The zero-order valence-electron chi connectivity index (χ0n) is 14.3. The number of anilines is 1. The maximum atomic E-state index is 5.93. The van der Waals surface area contributed by atoms with Gasteiger partial charge in [0, 0.05) is 11.0 Å². The average molecular weight is 370 g/mol. The standard InChI is InChI=1S/C19H32BrNO/c1-16-14-18(21)15-17(2)19(16)22-13-11-9-7-5-3-4-6-8-10-12-20/h14-15H,3-13,21H2,1-2H3. The minimum atomic E-state index is 0.816. The van der Waals surface area contributed by atoms with Gasteiger partial charge in [-0.3, -0.25) is 0 Å². The van der Waals surface area contributed by atoms with Crippen LogP contribution in [0.25, 0.3) is 0 Å². The fraction of sp³-hybridized carbons (Fsp3) is 0.684. The van der Waals surface area contributed by atoms with E-state index < -0.39 is 0 Å². The van der Waals surface area contributed by atoms with Crippen molar-refractivity contribution >= 4 is 21.6 Å². The summed E-state index contributed by atoms with van der Waals surface area (Å²) in [5.74, 6) is 1.01. The molecule has 0 aliphatic carbocycles. The number of unbranched alkanes of at least 4 members (excludes halogenated alkanes) is 8. The van der Waals surface area contributed by atoms with Crippen molar-refractivity contribution in [3.8, 4) is 5.75 Å². The highest BCUT2D eigenvalue weighted by Crippen LogP contribution is 2.26. The maximum Gasteiger partial charge on any atom is 0.125 e. The molecule has 0 aliphatic heterocycles. The fourth-order valence-corrected chi connectivity index (χ4v) is 3.22. The Morgan fingerprint density at radius 2 is 1.27 bits per heavy atom. The van der Waals surface area contributed by atoms with Crippen LogP contribution in [0.1, 0.15) is 68.9 Å². The third kappa shape index (κ3) is 8.07. The molecule has 0 aromatic heterocycles. The summed E-state index contributed by atoms with van der Waals surface area (Å²) in [7, 11) is 0. The van der Waals surface area contributed by atoms with Gasteiger partial charge < -0.3 is 10.5 Å². The maximum absolute atomic E-state index is 5.93. The van der Waals surface area contributed by atoms with E-state index in [0.29, 0.717) is 0 Å². The lowest BCUT2D eigenvalue weighted by Crippen LogP contribution is -2.01. The number of benzene rings is 1. The minimum absolute atomic E-state index is 0.816. The number of nitrogen functional groups attached to an aromatic ring is 1. The van der Waals surface area contributed by atoms with Crippen molar-refractivity contribution in [3.05, 3.63) is 23.3 Å². The minimum Gasteiger partial charge on any atom is -0.493 e. The Morgan fingerprint density at radius 1 is 0.818 bits per heavy atom. The highest BCUT2D eigenvalue weighted by atomic mass is 79.9. The molecule has 0 atom stereocenters. The van der Waals surface area contributed by atoms with Gasteiger partial charge in [0.25, 0.3) is 0 Å². The molecule has 22 heavy (non-hydrogen) atoms. The number of rotatable bonds is 12. The van der Waals surface area contributed by atoms with Crippen molar-refractivity contribution in [2.24, 2.45) is 0 Å². The molecule has 2 N–H and O–H groups in total. The molecule has 0 bridgehead atoms. The molecule has 0 unspecified atom stereocenters. The molecule has 2 nitrogen and oxygen atoms in total. The van der Waals surface area contributed by atoms with Gasteiger partial charge in [-0.1, -0.05) is 60.9 Å².